The third-order valence-corrected chi connectivity index (χ3v) is 4.58. The van der Waals surface area contributed by atoms with Crippen molar-refractivity contribution in [2.45, 2.75) is 18.9 Å². The van der Waals surface area contributed by atoms with Crippen molar-refractivity contribution in [2.24, 2.45) is 5.73 Å². The molecule has 0 aliphatic carbocycles. The number of hydrogen-bond acceptors (Lipinski definition) is 6. The van der Waals surface area contributed by atoms with Crippen LogP contribution < -0.4 is 16.7 Å². The van der Waals surface area contributed by atoms with E-state index in [2.05, 4.69) is 20.3 Å². The first-order valence-electron chi connectivity index (χ1n) is 8.37. The van der Waals surface area contributed by atoms with E-state index in [4.69, 9.17) is 5.73 Å². The van der Waals surface area contributed by atoms with Crippen LogP contribution >= 0.6 is 0 Å². The number of fused-ring (bicyclic) bond motifs is 1. The van der Waals surface area contributed by atoms with Gasteiger partial charge in [-0.1, -0.05) is 12.1 Å². The molecule has 9 heteroatoms. The fraction of sp³-hybridized carbons (Fsp3) is 0.294. The van der Waals surface area contributed by atoms with E-state index in [1.165, 1.54) is 12.1 Å². The van der Waals surface area contributed by atoms with E-state index in [-0.39, 0.29) is 34.5 Å². The van der Waals surface area contributed by atoms with Crippen LogP contribution in [0.1, 0.15) is 29.4 Å². The maximum absolute atomic E-state index is 12.5. The summed E-state index contributed by atoms with van der Waals surface area (Å²) in [6, 6.07) is 6.36. The number of H-pyrrole nitrogens is 1. The number of phenols is 1. The molecule has 0 unspecified atom stereocenters. The Balaban J connectivity index is 1.98. The Kier molecular flexibility index (Phi) is 3.92. The molecule has 1 amide bonds. The topological polar surface area (TPSA) is 139 Å². The molecule has 1 fully saturated rings. The van der Waals surface area contributed by atoms with E-state index in [1.807, 2.05) is 0 Å². The lowest BCUT2D eigenvalue weighted by molar-refractivity contribution is 0.0997. The van der Waals surface area contributed by atoms with Gasteiger partial charge in [0, 0.05) is 11.6 Å². The number of carbonyl (C=O) groups excluding carboxylic acids is 1. The summed E-state index contributed by atoms with van der Waals surface area (Å²) in [5.74, 6) is -0.474. The van der Waals surface area contributed by atoms with E-state index in [1.54, 1.807) is 16.7 Å². The van der Waals surface area contributed by atoms with Crippen LogP contribution in [0, 0.1) is 0 Å². The van der Waals surface area contributed by atoms with Crippen LogP contribution in [0.3, 0.4) is 0 Å². The number of rotatable bonds is 3. The largest absolute Gasteiger partial charge is 0.508 e. The summed E-state index contributed by atoms with van der Waals surface area (Å²) in [5, 5.41) is 13.0. The van der Waals surface area contributed by atoms with Gasteiger partial charge >= 0.3 is 5.69 Å². The number of aromatic nitrogens is 4. The molecule has 1 aliphatic rings. The van der Waals surface area contributed by atoms with Crippen molar-refractivity contribution >= 4 is 17.1 Å². The van der Waals surface area contributed by atoms with Crippen LogP contribution in [-0.4, -0.2) is 43.6 Å². The zero-order chi connectivity index (χ0) is 18.3. The Bertz CT molecular complexity index is 1050. The number of imidazole rings is 1. The maximum atomic E-state index is 12.5. The number of nitrogens with two attached hydrogens (primary N) is 1. The van der Waals surface area contributed by atoms with Crippen molar-refractivity contribution in [3.8, 4) is 17.1 Å². The molecule has 0 saturated carbocycles. The quantitative estimate of drug-likeness (QED) is 0.541. The zero-order valence-corrected chi connectivity index (χ0v) is 13.9. The number of aromatic amines is 1. The number of piperidine rings is 1. The van der Waals surface area contributed by atoms with Crippen LogP contribution in [0.5, 0.6) is 5.75 Å². The predicted molar refractivity (Wildman–Crippen MR) is 94.9 cm³/mol. The molecule has 1 aromatic carbocycles. The fourth-order valence-corrected chi connectivity index (χ4v) is 3.36. The normalized spacial score (nSPS) is 15.4. The molecule has 134 valence electrons. The van der Waals surface area contributed by atoms with Gasteiger partial charge in [-0.05, 0) is 38.1 Å². The van der Waals surface area contributed by atoms with E-state index >= 15 is 0 Å². The SMILES string of the molecule is NC(=O)c1nc(-c2cccc(O)c2)nc2c1[nH]c(=O)n2C1CCNCC1. The Morgan fingerprint density at radius 3 is 2.73 bits per heavy atom. The summed E-state index contributed by atoms with van der Waals surface area (Å²) in [4.78, 5) is 35.8. The number of amides is 1. The van der Waals surface area contributed by atoms with Crippen LogP contribution in [0.2, 0.25) is 0 Å². The number of primary amides is 1. The van der Waals surface area contributed by atoms with Crippen molar-refractivity contribution in [3.05, 3.63) is 40.4 Å². The van der Waals surface area contributed by atoms with Crippen molar-refractivity contribution in [1.82, 2.24) is 24.8 Å². The summed E-state index contributed by atoms with van der Waals surface area (Å²) < 4.78 is 1.58. The molecule has 3 aromatic rings. The first-order valence-corrected chi connectivity index (χ1v) is 8.37. The summed E-state index contributed by atoms with van der Waals surface area (Å²) >= 11 is 0. The predicted octanol–water partition coefficient (Wildman–Crippen LogP) is 0.516. The van der Waals surface area contributed by atoms with Gasteiger partial charge in [0.1, 0.15) is 11.3 Å². The fourth-order valence-electron chi connectivity index (χ4n) is 3.36. The molecule has 3 heterocycles. The van der Waals surface area contributed by atoms with Gasteiger partial charge in [0.15, 0.2) is 17.2 Å². The van der Waals surface area contributed by atoms with Gasteiger partial charge in [0.2, 0.25) is 0 Å². The van der Waals surface area contributed by atoms with Gasteiger partial charge in [-0.25, -0.2) is 14.8 Å². The molecule has 9 nitrogen and oxygen atoms in total. The minimum Gasteiger partial charge on any atom is -0.508 e. The molecule has 1 aliphatic heterocycles. The van der Waals surface area contributed by atoms with Crippen LogP contribution in [-0.2, 0) is 0 Å². The molecule has 5 N–H and O–H groups in total. The Hall–Kier alpha value is -3.20. The highest BCUT2D eigenvalue weighted by molar-refractivity contribution is 6.01. The third kappa shape index (κ3) is 2.72. The summed E-state index contributed by atoms with van der Waals surface area (Å²) in [5.41, 5.74) is 6.21. The third-order valence-electron chi connectivity index (χ3n) is 4.58. The van der Waals surface area contributed by atoms with Crippen LogP contribution in [0.15, 0.2) is 29.1 Å². The first-order chi connectivity index (χ1) is 12.5. The molecule has 4 rings (SSSR count). The molecule has 26 heavy (non-hydrogen) atoms. The molecular formula is C17H18N6O3. The Morgan fingerprint density at radius 1 is 1.27 bits per heavy atom. The molecular weight excluding hydrogens is 336 g/mol. The number of benzene rings is 1. The highest BCUT2D eigenvalue weighted by Crippen LogP contribution is 2.26. The highest BCUT2D eigenvalue weighted by atomic mass is 16.3. The minimum absolute atomic E-state index is 0.0230. The smallest absolute Gasteiger partial charge is 0.327 e. The maximum Gasteiger partial charge on any atom is 0.327 e. The van der Waals surface area contributed by atoms with Crippen molar-refractivity contribution in [1.29, 1.82) is 0 Å². The minimum atomic E-state index is -0.752. The number of carbonyl (C=O) groups is 1. The van der Waals surface area contributed by atoms with Crippen LogP contribution in [0.25, 0.3) is 22.6 Å². The van der Waals surface area contributed by atoms with E-state index in [9.17, 15) is 14.7 Å². The first kappa shape index (κ1) is 16.3. The van der Waals surface area contributed by atoms with E-state index < -0.39 is 5.91 Å². The zero-order valence-electron chi connectivity index (χ0n) is 13.9. The Morgan fingerprint density at radius 2 is 2.04 bits per heavy atom. The van der Waals surface area contributed by atoms with Gasteiger partial charge in [0.05, 0.1) is 0 Å². The highest BCUT2D eigenvalue weighted by Gasteiger charge is 2.24. The number of aromatic hydroxyl groups is 1. The van der Waals surface area contributed by atoms with Gasteiger partial charge < -0.3 is 21.1 Å². The van der Waals surface area contributed by atoms with Gasteiger partial charge in [-0.15, -0.1) is 0 Å². The molecule has 0 atom stereocenters. The van der Waals surface area contributed by atoms with Crippen molar-refractivity contribution in [3.63, 3.8) is 0 Å². The van der Waals surface area contributed by atoms with Gasteiger partial charge in [0.25, 0.3) is 5.91 Å². The lowest BCUT2D eigenvalue weighted by atomic mass is 10.1. The number of hydrogen-bond donors (Lipinski definition) is 4. The number of nitrogens with zero attached hydrogens (tertiary/aromatic N) is 3. The second-order valence-electron chi connectivity index (χ2n) is 6.29. The van der Waals surface area contributed by atoms with Gasteiger partial charge in [-0.2, -0.15) is 0 Å². The van der Waals surface area contributed by atoms with Crippen molar-refractivity contribution < 1.29 is 9.90 Å². The standard InChI is InChI=1S/C17H18N6O3/c18-14(25)12-13-16(22-15(20-12)9-2-1-3-11(24)8-9)23(17(26)21-13)10-4-6-19-7-5-10/h1-3,8,10,19,24H,4-7H2,(H2,18,25)(H,21,26). The number of phenolic OH excluding ortho intramolecular Hbond substituents is 1. The van der Waals surface area contributed by atoms with Crippen LogP contribution in [0.4, 0.5) is 0 Å². The summed E-state index contributed by atoms with van der Waals surface area (Å²) in [6.07, 6.45) is 1.56. The van der Waals surface area contributed by atoms with E-state index in [0.29, 0.717) is 11.2 Å². The average Bonchev–Trinajstić information content (AvgIpc) is 2.97. The second kappa shape index (κ2) is 6.26. The molecule has 2 aromatic heterocycles. The monoisotopic (exact) mass is 354 g/mol. The molecule has 1 saturated heterocycles. The van der Waals surface area contributed by atoms with Crippen molar-refractivity contribution in [2.75, 3.05) is 13.1 Å². The lowest BCUT2D eigenvalue weighted by Gasteiger charge is -2.23. The summed E-state index contributed by atoms with van der Waals surface area (Å²) in [6.45, 7) is 1.61. The summed E-state index contributed by atoms with van der Waals surface area (Å²) in [7, 11) is 0. The molecule has 0 bridgehead atoms. The molecule has 0 radical (unpaired) electrons. The van der Waals surface area contributed by atoms with E-state index in [0.717, 1.165) is 25.9 Å². The Labute approximate surface area is 147 Å². The number of nitrogens with one attached hydrogen (secondary N) is 2. The molecule has 0 spiro atoms. The second-order valence-corrected chi connectivity index (χ2v) is 6.29. The average molecular weight is 354 g/mol. The van der Waals surface area contributed by atoms with Gasteiger partial charge in [-0.3, -0.25) is 9.36 Å². The lowest BCUT2D eigenvalue weighted by Crippen LogP contribution is -2.33.